The average molecular weight is 292 g/mol. The highest BCUT2D eigenvalue weighted by atomic mass is 31.2. The summed E-state index contributed by atoms with van der Waals surface area (Å²) in [6.07, 6.45) is -4.53. The van der Waals surface area contributed by atoms with Crippen molar-refractivity contribution >= 4 is 7.82 Å². The van der Waals surface area contributed by atoms with Crippen LogP contribution in [0.1, 0.15) is 0 Å². The van der Waals surface area contributed by atoms with E-state index < -0.39 is 45.1 Å². The van der Waals surface area contributed by atoms with Crippen LogP contribution in [0.5, 0.6) is 0 Å². The van der Waals surface area contributed by atoms with Crippen LogP contribution in [0.25, 0.3) is 0 Å². The number of aliphatic hydroxyl groups is 4. The first-order valence-corrected chi connectivity index (χ1v) is 6.27. The van der Waals surface area contributed by atoms with Crippen LogP contribution in [0.4, 0.5) is 0 Å². The minimum Gasteiger partial charge on any atom is -0.391 e. The van der Waals surface area contributed by atoms with Gasteiger partial charge in [-0.3, -0.25) is 4.52 Å². The van der Waals surface area contributed by atoms with Gasteiger partial charge in [0.15, 0.2) is 0 Å². The second-order valence-electron chi connectivity index (χ2n) is 3.60. The maximum Gasteiger partial charge on any atom is 0.567 e. The van der Waals surface area contributed by atoms with E-state index in [1.807, 2.05) is 0 Å². The molecule has 12 heteroatoms. The van der Waals surface area contributed by atoms with Crippen molar-refractivity contribution < 1.29 is 55.3 Å². The maximum absolute atomic E-state index is 11.4. The SMILES string of the molecule is [NH3+]OP(=O)(O[NH3+])OC[C@H]1O[C@](O)(CO)[C@H](O)[C@@H]1O. The molecule has 1 rings (SSSR count). The van der Waals surface area contributed by atoms with E-state index in [2.05, 4.69) is 25.6 Å². The van der Waals surface area contributed by atoms with Crippen LogP contribution >= 0.6 is 7.82 Å². The summed E-state index contributed by atoms with van der Waals surface area (Å²) in [6.45, 7) is -1.47. The summed E-state index contributed by atoms with van der Waals surface area (Å²) in [4.78, 5) is 0. The van der Waals surface area contributed by atoms with Crippen molar-refractivity contribution in [3.8, 4) is 0 Å². The molecule has 1 fully saturated rings. The van der Waals surface area contributed by atoms with Gasteiger partial charge in [0.25, 0.3) is 0 Å². The van der Waals surface area contributed by atoms with Crippen LogP contribution in [0.3, 0.4) is 0 Å². The summed E-state index contributed by atoms with van der Waals surface area (Å²) in [5.74, 6) is 3.40. The second kappa shape index (κ2) is 5.86. The van der Waals surface area contributed by atoms with Gasteiger partial charge in [-0.1, -0.05) is 9.25 Å². The Bertz CT molecular complexity index is 322. The molecule has 0 spiro atoms. The normalized spacial score (nSPS) is 37.1. The minimum absolute atomic E-state index is 0.539. The van der Waals surface area contributed by atoms with Gasteiger partial charge < -0.3 is 25.2 Å². The highest BCUT2D eigenvalue weighted by Crippen LogP contribution is 2.45. The Balaban J connectivity index is 2.62. The van der Waals surface area contributed by atoms with E-state index in [-0.39, 0.29) is 0 Å². The van der Waals surface area contributed by atoms with Crippen molar-refractivity contribution in [2.45, 2.75) is 24.1 Å². The third-order valence-electron chi connectivity index (χ3n) is 2.46. The molecule has 108 valence electrons. The molecule has 0 aromatic rings. The molecule has 0 radical (unpaired) electrons. The van der Waals surface area contributed by atoms with Crippen molar-refractivity contribution in [2.24, 2.45) is 0 Å². The smallest absolute Gasteiger partial charge is 0.391 e. The fraction of sp³-hybridized carbons (Fsp3) is 1.00. The summed E-state index contributed by atoms with van der Waals surface area (Å²) in [5, 5.41) is 37.4. The van der Waals surface area contributed by atoms with Crippen molar-refractivity contribution in [2.75, 3.05) is 13.2 Å². The fourth-order valence-corrected chi connectivity index (χ4v) is 1.96. The van der Waals surface area contributed by atoms with E-state index in [4.69, 9.17) is 9.84 Å². The largest absolute Gasteiger partial charge is 0.567 e. The summed E-state index contributed by atoms with van der Waals surface area (Å²) in [5.41, 5.74) is 0. The molecule has 0 aromatic carbocycles. The summed E-state index contributed by atoms with van der Waals surface area (Å²) >= 11 is 0. The Morgan fingerprint density at radius 3 is 2.28 bits per heavy atom. The molecule has 0 unspecified atom stereocenters. The molecule has 4 atom stereocenters. The van der Waals surface area contributed by atoms with Crippen LogP contribution in [-0.2, 0) is 23.1 Å². The molecular formula is C6H17N2O9P+2. The summed E-state index contributed by atoms with van der Waals surface area (Å²) in [6, 6.07) is 0. The Hall–Kier alpha value is -0.170. The molecule has 0 aliphatic carbocycles. The standard InChI is InChI=1S/C6H17N2O9P/c7-16-18(13,17-8)14-1-3-4(10)5(11)6(12,2-9)15-3/h3-5,9-12H,1-2H2,7-8H3/q+2/t3-,4-,5-,6-/m1/s1. The Labute approximate surface area is 101 Å². The lowest BCUT2D eigenvalue weighted by molar-refractivity contribution is -0.683. The fourth-order valence-electron chi connectivity index (χ4n) is 1.41. The molecule has 0 aromatic heterocycles. The molecule has 1 heterocycles. The van der Waals surface area contributed by atoms with Crippen LogP contribution in [-0.4, -0.2) is 57.7 Å². The number of hydrogen-bond donors (Lipinski definition) is 6. The molecule has 0 bridgehead atoms. The molecule has 18 heavy (non-hydrogen) atoms. The highest BCUT2D eigenvalue weighted by Gasteiger charge is 2.53. The Kier molecular flexibility index (Phi) is 5.17. The Morgan fingerprint density at radius 1 is 1.33 bits per heavy atom. The molecule has 0 amide bonds. The zero-order valence-corrected chi connectivity index (χ0v) is 10.2. The number of quaternary nitrogens is 2. The molecule has 11 nitrogen and oxygen atoms in total. The molecule has 0 saturated carbocycles. The van der Waals surface area contributed by atoms with Gasteiger partial charge in [0.2, 0.25) is 5.79 Å². The maximum atomic E-state index is 11.4. The molecular weight excluding hydrogens is 275 g/mol. The quantitative estimate of drug-likeness (QED) is 0.206. The van der Waals surface area contributed by atoms with E-state index in [1.54, 1.807) is 0 Å². The number of aliphatic hydroxyl groups excluding tert-OH is 3. The van der Waals surface area contributed by atoms with Gasteiger partial charge in [0, 0.05) is 0 Å². The van der Waals surface area contributed by atoms with Gasteiger partial charge in [-0.15, -0.1) is 0 Å². The highest BCUT2D eigenvalue weighted by molar-refractivity contribution is 7.48. The zero-order valence-electron chi connectivity index (χ0n) is 9.34. The average Bonchev–Trinajstić information content (AvgIpc) is 2.61. The first kappa shape index (κ1) is 15.9. The molecule has 10 N–H and O–H groups in total. The van der Waals surface area contributed by atoms with Crippen LogP contribution in [0.15, 0.2) is 0 Å². The monoisotopic (exact) mass is 292 g/mol. The number of ether oxygens (including phenoxy) is 1. The van der Waals surface area contributed by atoms with Crippen LogP contribution in [0.2, 0.25) is 0 Å². The summed E-state index contributed by atoms with van der Waals surface area (Å²) < 4.78 is 29.3. The molecule has 1 saturated heterocycles. The van der Waals surface area contributed by atoms with Gasteiger partial charge in [-0.25, -0.2) is 16.4 Å². The topological polar surface area (TPSA) is 190 Å². The van der Waals surface area contributed by atoms with Crippen molar-refractivity contribution in [1.82, 2.24) is 0 Å². The number of phosphoric acid groups is 1. The van der Waals surface area contributed by atoms with Crippen molar-refractivity contribution in [3.63, 3.8) is 0 Å². The van der Waals surface area contributed by atoms with Gasteiger partial charge in [-0.05, 0) is 0 Å². The van der Waals surface area contributed by atoms with Crippen molar-refractivity contribution in [1.29, 1.82) is 0 Å². The van der Waals surface area contributed by atoms with Crippen LogP contribution < -0.4 is 11.8 Å². The minimum atomic E-state index is -3.97. The van der Waals surface area contributed by atoms with E-state index in [0.29, 0.717) is 0 Å². The lowest BCUT2D eigenvalue weighted by Crippen LogP contribution is -2.53. The first-order chi connectivity index (χ1) is 8.32. The van der Waals surface area contributed by atoms with E-state index >= 15 is 0 Å². The van der Waals surface area contributed by atoms with Gasteiger partial charge in [0.05, 0.1) is 13.2 Å². The number of hydrogen-bond acceptors (Lipinski definition) is 9. The van der Waals surface area contributed by atoms with Crippen LogP contribution in [0, 0.1) is 0 Å². The summed E-state index contributed by atoms with van der Waals surface area (Å²) in [7, 11) is -3.97. The molecule has 1 aliphatic heterocycles. The second-order valence-corrected chi connectivity index (χ2v) is 5.26. The molecule has 1 aliphatic rings. The lowest BCUT2D eigenvalue weighted by Gasteiger charge is -2.22. The van der Waals surface area contributed by atoms with Gasteiger partial charge in [0.1, 0.15) is 18.3 Å². The third-order valence-corrected chi connectivity index (χ3v) is 3.56. The number of rotatable bonds is 6. The van der Waals surface area contributed by atoms with Gasteiger partial charge >= 0.3 is 7.82 Å². The Morgan fingerprint density at radius 2 is 1.89 bits per heavy atom. The van der Waals surface area contributed by atoms with E-state index in [0.717, 1.165) is 0 Å². The zero-order chi connectivity index (χ0) is 14.0. The lowest BCUT2D eigenvalue weighted by atomic mass is 10.1. The van der Waals surface area contributed by atoms with Crippen molar-refractivity contribution in [3.05, 3.63) is 0 Å². The van der Waals surface area contributed by atoms with E-state index in [9.17, 15) is 19.9 Å². The first-order valence-electron chi connectivity index (χ1n) is 4.81. The van der Waals surface area contributed by atoms with E-state index in [1.165, 1.54) is 0 Å². The van der Waals surface area contributed by atoms with Gasteiger partial charge in [-0.2, -0.15) is 0 Å². The predicted octanol–water partition coefficient (Wildman–Crippen LogP) is -4.74. The predicted molar refractivity (Wildman–Crippen MR) is 50.4 cm³/mol. The third kappa shape index (κ3) is 3.04.